The zero-order valence-corrected chi connectivity index (χ0v) is 10.8. The van der Waals surface area contributed by atoms with E-state index in [1.807, 2.05) is 6.92 Å². The highest BCUT2D eigenvalue weighted by atomic mass is 19.1. The van der Waals surface area contributed by atoms with Gasteiger partial charge in [-0.1, -0.05) is 37.3 Å². The van der Waals surface area contributed by atoms with Crippen molar-refractivity contribution in [3.8, 4) is 5.75 Å². The second kappa shape index (κ2) is 6.34. The fraction of sp³-hybridized carbons (Fsp3) is 0.250. The number of halogens is 1. The van der Waals surface area contributed by atoms with E-state index in [1.54, 1.807) is 42.5 Å². The third kappa shape index (κ3) is 3.32. The Morgan fingerprint density at radius 3 is 2.42 bits per heavy atom. The lowest BCUT2D eigenvalue weighted by atomic mass is 10.0. The van der Waals surface area contributed by atoms with Gasteiger partial charge in [0.2, 0.25) is 0 Å². The van der Waals surface area contributed by atoms with Crippen LogP contribution in [0, 0.1) is 5.82 Å². The van der Waals surface area contributed by atoms with E-state index < -0.39 is 11.9 Å². The summed E-state index contributed by atoms with van der Waals surface area (Å²) in [5, 5.41) is 10.2. The Bertz CT molecular complexity index is 523. The maximum atomic E-state index is 13.6. The van der Waals surface area contributed by atoms with Gasteiger partial charge < -0.3 is 9.84 Å². The first-order valence-electron chi connectivity index (χ1n) is 6.37. The maximum absolute atomic E-state index is 13.6. The molecule has 0 aliphatic rings. The lowest BCUT2D eigenvalue weighted by Gasteiger charge is -2.13. The zero-order valence-electron chi connectivity index (χ0n) is 10.8. The molecule has 2 aromatic carbocycles. The Kier molecular flexibility index (Phi) is 4.53. The van der Waals surface area contributed by atoms with Crippen molar-refractivity contribution in [3.63, 3.8) is 0 Å². The first-order valence-corrected chi connectivity index (χ1v) is 6.37. The standard InChI is InChI=1S/C16H17FO2/c1-2-11-19-13-9-7-12(8-10-13)16(18)14-5-3-4-6-15(14)17/h3-10,16,18H,2,11H2,1H3. The molecule has 0 radical (unpaired) electrons. The zero-order chi connectivity index (χ0) is 13.7. The molecular weight excluding hydrogens is 243 g/mol. The minimum absolute atomic E-state index is 0.282. The Balaban J connectivity index is 2.16. The minimum Gasteiger partial charge on any atom is -0.494 e. The van der Waals surface area contributed by atoms with Crippen molar-refractivity contribution < 1.29 is 14.2 Å². The van der Waals surface area contributed by atoms with Crippen LogP contribution in [0.2, 0.25) is 0 Å². The normalized spacial score (nSPS) is 12.2. The van der Waals surface area contributed by atoms with Crippen LogP contribution >= 0.6 is 0 Å². The summed E-state index contributed by atoms with van der Waals surface area (Å²) in [6, 6.07) is 13.3. The van der Waals surface area contributed by atoms with Gasteiger partial charge in [0.15, 0.2) is 0 Å². The average molecular weight is 260 g/mol. The number of rotatable bonds is 5. The molecule has 0 aliphatic carbocycles. The van der Waals surface area contributed by atoms with Gasteiger partial charge in [-0.2, -0.15) is 0 Å². The molecule has 0 aromatic heterocycles. The van der Waals surface area contributed by atoms with E-state index in [9.17, 15) is 9.50 Å². The molecule has 0 bridgehead atoms. The predicted molar refractivity (Wildman–Crippen MR) is 72.7 cm³/mol. The average Bonchev–Trinajstić information content (AvgIpc) is 2.45. The summed E-state index contributed by atoms with van der Waals surface area (Å²) in [5.41, 5.74) is 0.929. The van der Waals surface area contributed by atoms with E-state index in [2.05, 4.69) is 0 Å². The number of aliphatic hydroxyl groups excluding tert-OH is 1. The summed E-state index contributed by atoms with van der Waals surface area (Å²) in [5.74, 6) is 0.354. The van der Waals surface area contributed by atoms with Crippen LogP contribution in [-0.4, -0.2) is 11.7 Å². The number of ether oxygens (including phenoxy) is 1. The third-order valence-corrected chi connectivity index (χ3v) is 2.87. The highest BCUT2D eigenvalue weighted by Crippen LogP contribution is 2.25. The maximum Gasteiger partial charge on any atom is 0.129 e. The second-order valence-corrected chi connectivity index (χ2v) is 4.34. The first kappa shape index (κ1) is 13.6. The van der Waals surface area contributed by atoms with Crippen LogP contribution in [0.15, 0.2) is 48.5 Å². The summed E-state index contributed by atoms with van der Waals surface area (Å²) >= 11 is 0. The van der Waals surface area contributed by atoms with Gasteiger partial charge >= 0.3 is 0 Å². The third-order valence-electron chi connectivity index (χ3n) is 2.87. The smallest absolute Gasteiger partial charge is 0.129 e. The fourth-order valence-electron chi connectivity index (χ4n) is 1.84. The van der Waals surface area contributed by atoms with E-state index in [0.29, 0.717) is 12.2 Å². The molecule has 0 saturated heterocycles. The van der Waals surface area contributed by atoms with Crippen molar-refractivity contribution in [3.05, 3.63) is 65.5 Å². The summed E-state index contributed by atoms with van der Waals surface area (Å²) < 4.78 is 19.1. The van der Waals surface area contributed by atoms with Crippen LogP contribution in [0.4, 0.5) is 4.39 Å². The summed E-state index contributed by atoms with van der Waals surface area (Å²) in [6.45, 7) is 2.70. The van der Waals surface area contributed by atoms with Crippen LogP contribution in [0.3, 0.4) is 0 Å². The van der Waals surface area contributed by atoms with E-state index in [0.717, 1.165) is 12.2 Å². The van der Waals surface area contributed by atoms with E-state index in [-0.39, 0.29) is 5.56 Å². The molecular formula is C16H17FO2. The molecule has 1 atom stereocenters. The minimum atomic E-state index is -0.957. The quantitative estimate of drug-likeness (QED) is 0.888. The summed E-state index contributed by atoms with van der Waals surface area (Å²) in [6.07, 6.45) is -0.0130. The molecule has 0 saturated carbocycles. The molecule has 1 unspecified atom stereocenters. The molecule has 0 aliphatic heterocycles. The number of benzene rings is 2. The van der Waals surface area contributed by atoms with Gasteiger partial charge in [-0.3, -0.25) is 0 Å². The molecule has 0 spiro atoms. The van der Waals surface area contributed by atoms with E-state index >= 15 is 0 Å². The molecule has 1 N–H and O–H groups in total. The Labute approximate surface area is 112 Å². The van der Waals surface area contributed by atoms with Crippen LogP contribution < -0.4 is 4.74 Å². The van der Waals surface area contributed by atoms with Gasteiger partial charge in [0, 0.05) is 5.56 Å². The van der Waals surface area contributed by atoms with Crippen molar-refractivity contribution in [1.29, 1.82) is 0 Å². The molecule has 2 nitrogen and oxygen atoms in total. The molecule has 19 heavy (non-hydrogen) atoms. The highest BCUT2D eigenvalue weighted by molar-refractivity contribution is 5.34. The number of aliphatic hydroxyl groups is 1. The van der Waals surface area contributed by atoms with Crippen molar-refractivity contribution >= 4 is 0 Å². The van der Waals surface area contributed by atoms with Crippen molar-refractivity contribution in [2.24, 2.45) is 0 Å². The second-order valence-electron chi connectivity index (χ2n) is 4.34. The monoisotopic (exact) mass is 260 g/mol. The first-order chi connectivity index (χ1) is 9.22. The van der Waals surface area contributed by atoms with Gasteiger partial charge in [-0.25, -0.2) is 4.39 Å². The molecule has 2 rings (SSSR count). The molecule has 0 fully saturated rings. The summed E-state index contributed by atoms with van der Waals surface area (Å²) in [7, 11) is 0. The van der Waals surface area contributed by atoms with Crippen LogP contribution in [0.25, 0.3) is 0 Å². The lowest BCUT2D eigenvalue weighted by molar-refractivity contribution is 0.214. The molecule has 3 heteroatoms. The van der Waals surface area contributed by atoms with Crippen LogP contribution in [-0.2, 0) is 0 Å². The van der Waals surface area contributed by atoms with Gasteiger partial charge in [0.25, 0.3) is 0 Å². The van der Waals surface area contributed by atoms with Gasteiger partial charge in [-0.15, -0.1) is 0 Å². The van der Waals surface area contributed by atoms with E-state index in [1.165, 1.54) is 6.07 Å². The Morgan fingerprint density at radius 1 is 1.11 bits per heavy atom. The Hall–Kier alpha value is -1.87. The van der Waals surface area contributed by atoms with Crippen molar-refractivity contribution in [2.75, 3.05) is 6.61 Å². The van der Waals surface area contributed by atoms with Gasteiger partial charge in [0.1, 0.15) is 17.7 Å². The van der Waals surface area contributed by atoms with Crippen LogP contribution in [0.1, 0.15) is 30.6 Å². The fourth-order valence-corrected chi connectivity index (χ4v) is 1.84. The van der Waals surface area contributed by atoms with Crippen molar-refractivity contribution in [2.45, 2.75) is 19.4 Å². The van der Waals surface area contributed by atoms with Gasteiger partial charge in [-0.05, 0) is 30.2 Å². The number of hydrogen-bond acceptors (Lipinski definition) is 2. The topological polar surface area (TPSA) is 29.5 Å². The Morgan fingerprint density at radius 2 is 1.79 bits per heavy atom. The van der Waals surface area contributed by atoms with Gasteiger partial charge in [0.05, 0.1) is 6.61 Å². The predicted octanol–water partition coefficient (Wildman–Crippen LogP) is 3.70. The SMILES string of the molecule is CCCOc1ccc(C(O)c2ccccc2F)cc1. The number of hydrogen-bond donors (Lipinski definition) is 1. The van der Waals surface area contributed by atoms with Crippen LogP contribution in [0.5, 0.6) is 5.75 Å². The van der Waals surface area contributed by atoms with Crippen molar-refractivity contribution in [1.82, 2.24) is 0 Å². The largest absolute Gasteiger partial charge is 0.494 e. The van der Waals surface area contributed by atoms with E-state index in [4.69, 9.17) is 4.74 Å². The summed E-state index contributed by atoms with van der Waals surface area (Å²) in [4.78, 5) is 0. The molecule has 100 valence electrons. The highest BCUT2D eigenvalue weighted by Gasteiger charge is 2.14. The lowest BCUT2D eigenvalue weighted by Crippen LogP contribution is -2.02. The molecule has 2 aromatic rings. The molecule has 0 heterocycles. The molecule has 0 amide bonds.